The van der Waals surface area contributed by atoms with Gasteiger partial charge in [-0.15, -0.1) is 11.3 Å². The molecule has 2 N–H and O–H groups in total. The molecule has 0 aromatic carbocycles. The zero-order valence-electron chi connectivity index (χ0n) is 13.0. The number of oxazole rings is 1. The van der Waals surface area contributed by atoms with Gasteiger partial charge in [0.15, 0.2) is 0 Å². The fourth-order valence-electron chi connectivity index (χ4n) is 2.71. The third-order valence-electron chi connectivity index (χ3n) is 3.94. The van der Waals surface area contributed by atoms with Crippen LogP contribution in [0, 0.1) is 20.8 Å². The first-order chi connectivity index (χ1) is 10.5. The van der Waals surface area contributed by atoms with E-state index in [1.54, 1.807) is 11.3 Å². The summed E-state index contributed by atoms with van der Waals surface area (Å²) in [7, 11) is 0. The first kappa shape index (κ1) is 15.0. The molecule has 0 spiro atoms. The van der Waals surface area contributed by atoms with Gasteiger partial charge in [0.2, 0.25) is 0 Å². The van der Waals surface area contributed by atoms with Gasteiger partial charge in [0, 0.05) is 17.3 Å². The minimum atomic E-state index is -0.291. The summed E-state index contributed by atoms with van der Waals surface area (Å²) in [5, 5.41) is 6.62. The van der Waals surface area contributed by atoms with Crippen LogP contribution in [0.4, 0.5) is 10.8 Å². The van der Waals surface area contributed by atoms with Crippen molar-refractivity contribution >= 4 is 23.4 Å². The summed E-state index contributed by atoms with van der Waals surface area (Å²) < 4.78 is 5.34. The Hall–Kier alpha value is -1.89. The molecule has 0 radical (unpaired) electrons. The van der Waals surface area contributed by atoms with Gasteiger partial charge in [-0.1, -0.05) is 0 Å². The Labute approximate surface area is 133 Å². The van der Waals surface area contributed by atoms with Gasteiger partial charge in [-0.3, -0.25) is 5.32 Å². The number of nitrogens with one attached hydrogen (secondary N) is 2. The predicted octanol–water partition coefficient (Wildman–Crippen LogP) is 3.30. The van der Waals surface area contributed by atoms with Crippen LogP contribution in [0.5, 0.6) is 0 Å². The molecule has 0 saturated heterocycles. The maximum Gasteiger partial charge on any atom is 0.322 e. The Kier molecular flexibility index (Phi) is 4.15. The molecule has 0 unspecified atom stereocenters. The number of urea groups is 1. The van der Waals surface area contributed by atoms with Crippen LogP contribution < -0.4 is 10.6 Å². The first-order valence-corrected chi connectivity index (χ1v) is 8.29. The number of thiazole rings is 1. The topological polar surface area (TPSA) is 80.0 Å². The summed E-state index contributed by atoms with van der Waals surface area (Å²) in [6.07, 6.45) is 3.33. The highest BCUT2D eigenvalue weighted by molar-refractivity contribution is 7.11. The van der Waals surface area contributed by atoms with Crippen molar-refractivity contribution < 1.29 is 9.21 Å². The van der Waals surface area contributed by atoms with Gasteiger partial charge in [-0.25, -0.2) is 9.78 Å². The highest BCUT2D eigenvalue weighted by Gasteiger charge is 2.24. The fraction of sp³-hybridized carbons (Fsp3) is 0.533. The molecule has 3 rings (SSSR count). The second-order valence-electron chi connectivity index (χ2n) is 5.63. The Morgan fingerprint density at radius 2 is 2.18 bits per heavy atom. The lowest BCUT2D eigenvalue weighted by Gasteiger charge is -2.21. The lowest BCUT2D eigenvalue weighted by atomic mass is 9.91. The molecule has 6 nitrogen and oxygen atoms in total. The van der Waals surface area contributed by atoms with Crippen LogP contribution in [0.2, 0.25) is 0 Å². The fourth-order valence-corrected chi connectivity index (χ4v) is 3.78. The largest absolute Gasteiger partial charge is 0.428 e. The lowest BCUT2D eigenvalue weighted by molar-refractivity contribution is 0.250. The van der Waals surface area contributed by atoms with E-state index in [0.717, 1.165) is 35.7 Å². The molecule has 22 heavy (non-hydrogen) atoms. The molecule has 2 amide bonds. The summed E-state index contributed by atoms with van der Waals surface area (Å²) in [4.78, 5) is 22.1. The number of hydrogen-bond donors (Lipinski definition) is 2. The number of fused-ring (bicyclic) bond motifs is 1. The number of aryl methyl sites for hydroxylation is 4. The van der Waals surface area contributed by atoms with Gasteiger partial charge in [0.25, 0.3) is 0 Å². The third kappa shape index (κ3) is 3.14. The highest BCUT2D eigenvalue weighted by Crippen LogP contribution is 2.34. The Morgan fingerprint density at radius 3 is 2.91 bits per heavy atom. The van der Waals surface area contributed by atoms with Crippen LogP contribution in [-0.4, -0.2) is 22.5 Å². The normalized spacial score (nSPS) is 17.1. The lowest BCUT2D eigenvalue weighted by Crippen LogP contribution is -2.33. The second kappa shape index (κ2) is 6.08. The van der Waals surface area contributed by atoms with E-state index in [0.29, 0.717) is 18.2 Å². The van der Waals surface area contributed by atoms with Crippen molar-refractivity contribution in [3.8, 4) is 0 Å². The Bertz CT molecular complexity index is 672. The van der Waals surface area contributed by atoms with Gasteiger partial charge in [0.05, 0.1) is 16.4 Å². The molecule has 1 atom stereocenters. The summed E-state index contributed by atoms with van der Waals surface area (Å²) in [5.41, 5.74) is 1.95. The van der Waals surface area contributed by atoms with Gasteiger partial charge < -0.3 is 9.73 Å². The number of carbonyl (C=O) groups is 1. The van der Waals surface area contributed by atoms with Crippen LogP contribution in [0.1, 0.15) is 45.8 Å². The average Bonchev–Trinajstić information content (AvgIpc) is 2.98. The smallest absolute Gasteiger partial charge is 0.322 e. The van der Waals surface area contributed by atoms with Crippen molar-refractivity contribution in [3.63, 3.8) is 0 Å². The van der Waals surface area contributed by atoms with Crippen molar-refractivity contribution in [2.24, 2.45) is 0 Å². The quantitative estimate of drug-likeness (QED) is 0.909. The van der Waals surface area contributed by atoms with E-state index in [2.05, 4.69) is 20.6 Å². The number of aromatic nitrogens is 2. The molecular weight excluding hydrogens is 300 g/mol. The average molecular weight is 320 g/mol. The van der Waals surface area contributed by atoms with Crippen molar-refractivity contribution in [1.29, 1.82) is 0 Å². The molecule has 1 aliphatic carbocycles. The first-order valence-electron chi connectivity index (χ1n) is 7.48. The summed E-state index contributed by atoms with van der Waals surface area (Å²) >= 11 is 1.77. The molecule has 0 aliphatic heterocycles. The van der Waals surface area contributed by atoms with E-state index >= 15 is 0 Å². The molecule has 118 valence electrons. The zero-order valence-corrected chi connectivity index (χ0v) is 13.8. The molecular formula is C15H20N4O2S. The van der Waals surface area contributed by atoms with Crippen molar-refractivity contribution in [1.82, 2.24) is 15.3 Å². The number of anilines is 1. The minimum Gasteiger partial charge on any atom is -0.428 e. The number of carbonyl (C=O) groups excluding carboxylic acids is 1. The summed E-state index contributed by atoms with van der Waals surface area (Å²) in [5.74, 6) is 1.01. The van der Waals surface area contributed by atoms with E-state index < -0.39 is 0 Å². The zero-order chi connectivity index (χ0) is 15.7. The molecule has 2 aromatic heterocycles. The van der Waals surface area contributed by atoms with Gasteiger partial charge in [-0.2, -0.15) is 4.98 Å². The Morgan fingerprint density at radius 1 is 1.36 bits per heavy atom. The monoisotopic (exact) mass is 320 g/mol. The van der Waals surface area contributed by atoms with Crippen LogP contribution in [-0.2, 0) is 6.42 Å². The van der Waals surface area contributed by atoms with Gasteiger partial charge in [-0.05, 0) is 40.0 Å². The molecule has 2 aromatic rings. The van der Waals surface area contributed by atoms with Crippen molar-refractivity contribution in [2.45, 2.75) is 46.0 Å². The number of hydrogen-bond acceptors (Lipinski definition) is 5. The van der Waals surface area contributed by atoms with E-state index in [9.17, 15) is 4.79 Å². The number of rotatable bonds is 3. The van der Waals surface area contributed by atoms with Crippen LogP contribution in [0.15, 0.2) is 4.42 Å². The molecule has 0 saturated carbocycles. The van der Waals surface area contributed by atoms with Crippen LogP contribution in [0.3, 0.4) is 0 Å². The maximum absolute atomic E-state index is 12.0. The van der Waals surface area contributed by atoms with Gasteiger partial charge >= 0.3 is 12.0 Å². The van der Waals surface area contributed by atoms with E-state index in [4.69, 9.17) is 4.42 Å². The third-order valence-corrected chi connectivity index (χ3v) is 4.98. The highest BCUT2D eigenvalue weighted by atomic mass is 32.1. The molecule has 7 heteroatoms. The summed E-state index contributed by atoms with van der Waals surface area (Å²) in [6.45, 7) is 6.28. The molecule has 1 aliphatic rings. The van der Waals surface area contributed by atoms with E-state index in [1.807, 2.05) is 20.8 Å². The van der Waals surface area contributed by atoms with Crippen LogP contribution >= 0.6 is 11.3 Å². The van der Waals surface area contributed by atoms with Gasteiger partial charge in [0.1, 0.15) is 5.76 Å². The van der Waals surface area contributed by atoms with E-state index in [1.165, 1.54) is 4.88 Å². The number of nitrogens with zero attached hydrogens (tertiary/aromatic N) is 2. The predicted molar refractivity (Wildman–Crippen MR) is 85.5 cm³/mol. The number of amides is 2. The molecule has 0 bridgehead atoms. The van der Waals surface area contributed by atoms with Crippen LogP contribution in [0.25, 0.3) is 0 Å². The van der Waals surface area contributed by atoms with E-state index in [-0.39, 0.29) is 12.0 Å². The van der Waals surface area contributed by atoms with Crippen molar-refractivity contribution in [3.05, 3.63) is 27.0 Å². The SMILES string of the molecule is Cc1nc2c(s1)CCC[C@H]2CNC(=O)Nc1nc(C)c(C)o1. The maximum atomic E-state index is 12.0. The molecule has 0 fully saturated rings. The minimum absolute atomic E-state index is 0.237. The van der Waals surface area contributed by atoms with Crippen molar-refractivity contribution in [2.75, 3.05) is 11.9 Å². The Balaban J connectivity index is 1.57. The molecule has 2 heterocycles. The summed E-state index contributed by atoms with van der Waals surface area (Å²) in [6, 6.07) is -0.0540. The second-order valence-corrected chi connectivity index (χ2v) is 6.91. The standard InChI is InChI=1S/C15H20N4O2S/c1-8-9(2)21-15(17-8)19-14(20)16-7-11-5-4-6-12-13(11)18-10(3)22-12/h11H,4-7H2,1-3H3,(H2,16,17,19,20)/t11-/m0/s1.